The van der Waals surface area contributed by atoms with E-state index in [-0.39, 0.29) is 59.8 Å². The van der Waals surface area contributed by atoms with E-state index < -0.39 is 47.3 Å². The maximum Gasteiger partial charge on any atom is 0.376 e. The van der Waals surface area contributed by atoms with Gasteiger partial charge in [-0.1, -0.05) is 59.8 Å². The number of Topliss-reactive ketones (excluding diaryl/α,β-unsaturated/α-hetero) is 2. The molecule has 0 bridgehead atoms. The first-order valence-electron chi connectivity index (χ1n) is 18.8. The second kappa shape index (κ2) is 16.5. The number of nitrogens with zero attached hydrogens (tertiary/aromatic N) is 3. The predicted octanol–water partition coefficient (Wildman–Crippen LogP) is 4.56. The highest BCUT2D eigenvalue weighted by Crippen LogP contribution is 2.43. The van der Waals surface area contributed by atoms with Crippen molar-refractivity contribution in [3.05, 3.63) is 24.3 Å². The van der Waals surface area contributed by atoms with Gasteiger partial charge in [0.05, 0.1) is 6.20 Å². The molecule has 3 aliphatic carbocycles. The fourth-order valence-electron chi connectivity index (χ4n) is 8.22. The Balaban J connectivity index is 1.33. The predicted molar refractivity (Wildman–Crippen MR) is 184 cm³/mol. The molecule has 2 heterocycles. The third-order valence-electron chi connectivity index (χ3n) is 11.2. The molecule has 3 amide bonds. The van der Waals surface area contributed by atoms with Crippen LogP contribution in [0.1, 0.15) is 128 Å². The van der Waals surface area contributed by atoms with Gasteiger partial charge >= 0.3 is 5.97 Å². The van der Waals surface area contributed by atoms with Gasteiger partial charge in [0, 0.05) is 44.1 Å². The SMILES string of the molecule is CCC[C@H](NC(=O)[C@@H]1[C@H]2CCC[C@H]2CN1C(=O)[C@@H](NC(=O)[C@@H](CC(=O)c1cnccn1)C1CCCCC1)C(C)(C)C)OC(=O)C(=O)CC1CC1. The Hall–Kier alpha value is -3.70. The van der Waals surface area contributed by atoms with Crippen LogP contribution in [0.4, 0.5) is 0 Å². The van der Waals surface area contributed by atoms with Gasteiger partial charge in [-0.25, -0.2) is 9.78 Å². The summed E-state index contributed by atoms with van der Waals surface area (Å²) in [4.78, 5) is 91.0. The minimum atomic E-state index is -0.984. The summed E-state index contributed by atoms with van der Waals surface area (Å²) in [6, 6.07) is -1.75. The lowest BCUT2D eigenvalue weighted by Crippen LogP contribution is -2.60. The lowest BCUT2D eigenvalue weighted by atomic mass is 9.76. The fraction of sp³-hybridized carbons (Fsp3) is 0.737. The van der Waals surface area contributed by atoms with E-state index >= 15 is 0 Å². The molecule has 4 fully saturated rings. The standard InChI is InChI=1S/C38H55N5O7/c1-5-10-31(50-37(49)30(45)19-23-15-16-23)41-35(47)32-26-14-9-13-25(26)22-43(32)36(48)33(38(2,3)4)42-34(46)27(24-11-7-6-8-12-24)20-29(44)28-21-39-17-18-40-28/h17-18,21,23-27,31-33H,5-16,19-20,22H2,1-4H3,(H,41,47)(H,42,46)/t25-,26-,27-,31+,32-,33+/m0/s1. The zero-order valence-corrected chi connectivity index (χ0v) is 30.2. The molecule has 274 valence electrons. The average molecular weight is 694 g/mol. The van der Waals surface area contributed by atoms with Crippen molar-refractivity contribution >= 4 is 35.3 Å². The number of fused-ring (bicyclic) bond motifs is 1. The third-order valence-corrected chi connectivity index (χ3v) is 11.2. The topological polar surface area (TPSA) is 165 Å². The number of ether oxygens (including phenoxy) is 1. The van der Waals surface area contributed by atoms with Gasteiger partial charge in [-0.05, 0) is 67.6 Å². The molecule has 0 unspecified atom stereocenters. The Morgan fingerprint density at radius 3 is 2.32 bits per heavy atom. The number of carbonyl (C=O) groups is 6. The highest BCUT2D eigenvalue weighted by Gasteiger charge is 2.52. The molecule has 0 radical (unpaired) electrons. The highest BCUT2D eigenvalue weighted by atomic mass is 16.6. The number of nitrogens with one attached hydrogen (secondary N) is 2. The van der Waals surface area contributed by atoms with Crippen molar-refractivity contribution in [2.45, 2.75) is 136 Å². The van der Waals surface area contributed by atoms with Crippen LogP contribution in [0.25, 0.3) is 0 Å². The zero-order valence-electron chi connectivity index (χ0n) is 30.2. The lowest BCUT2D eigenvalue weighted by Gasteiger charge is -2.38. The van der Waals surface area contributed by atoms with Crippen LogP contribution in [0.2, 0.25) is 0 Å². The third kappa shape index (κ3) is 9.34. The van der Waals surface area contributed by atoms with E-state index in [0.717, 1.165) is 64.2 Å². The largest absolute Gasteiger partial charge is 0.436 e. The first kappa shape index (κ1) is 37.6. The molecule has 6 atom stereocenters. The van der Waals surface area contributed by atoms with Gasteiger partial charge in [-0.15, -0.1) is 0 Å². The molecule has 12 nitrogen and oxygen atoms in total. The molecule has 4 aliphatic rings. The average Bonchev–Trinajstić information content (AvgIpc) is 3.66. The number of hydrogen-bond donors (Lipinski definition) is 2. The van der Waals surface area contributed by atoms with E-state index in [1.807, 2.05) is 27.7 Å². The van der Waals surface area contributed by atoms with Crippen LogP contribution >= 0.6 is 0 Å². The molecular weight excluding hydrogens is 638 g/mol. The van der Waals surface area contributed by atoms with Gasteiger partial charge in [0.2, 0.25) is 23.5 Å². The number of hydrogen-bond acceptors (Lipinski definition) is 9. The highest BCUT2D eigenvalue weighted by molar-refractivity contribution is 6.33. The van der Waals surface area contributed by atoms with Crippen molar-refractivity contribution in [1.82, 2.24) is 25.5 Å². The summed E-state index contributed by atoms with van der Waals surface area (Å²) in [5, 5.41) is 5.94. The van der Waals surface area contributed by atoms with Gasteiger partial charge in [0.15, 0.2) is 12.0 Å². The summed E-state index contributed by atoms with van der Waals surface area (Å²) in [6.45, 7) is 7.95. The normalized spacial score (nSPS) is 24.1. The molecule has 0 aromatic carbocycles. The maximum absolute atomic E-state index is 14.6. The monoisotopic (exact) mass is 693 g/mol. The molecule has 5 rings (SSSR count). The lowest BCUT2D eigenvalue weighted by molar-refractivity contribution is -0.161. The number of likely N-dealkylation sites (tertiary alicyclic amines) is 1. The van der Waals surface area contributed by atoms with Crippen LogP contribution in [-0.2, 0) is 28.7 Å². The summed E-state index contributed by atoms with van der Waals surface area (Å²) >= 11 is 0. The summed E-state index contributed by atoms with van der Waals surface area (Å²) < 4.78 is 5.50. The van der Waals surface area contributed by atoms with Gasteiger partial charge in [-0.2, -0.15) is 0 Å². The van der Waals surface area contributed by atoms with Crippen LogP contribution in [0, 0.1) is 35.0 Å². The van der Waals surface area contributed by atoms with E-state index in [9.17, 15) is 28.8 Å². The maximum atomic E-state index is 14.6. The summed E-state index contributed by atoms with van der Waals surface area (Å²) in [6.07, 6.45) is 13.6. The van der Waals surface area contributed by atoms with Gasteiger partial charge in [0.25, 0.3) is 0 Å². The van der Waals surface area contributed by atoms with Crippen LogP contribution in [0.5, 0.6) is 0 Å². The van der Waals surface area contributed by atoms with Gasteiger partial charge < -0.3 is 20.3 Å². The van der Waals surface area contributed by atoms with Gasteiger partial charge in [-0.3, -0.25) is 29.0 Å². The molecule has 1 aliphatic heterocycles. The zero-order chi connectivity index (χ0) is 36.0. The Morgan fingerprint density at radius 1 is 0.940 bits per heavy atom. The second-order valence-corrected chi connectivity index (χ2v) is 16.1. The van der Waals surface area contributed by atoms with Crippen molar-refractivity contribution in [2.75, 3.05) is 6.54 Å². The van der Waals surface area contributed by atoms with Crippen LogP contribution in [-0.4, -0.2) is 75.0 Å². The first-order valence-corrected chi connectivity index (χ1v) is 18.8. The summed E-state index contributed by atoms with van der Waals surface area (Å²) in [7, 11) is 0. The molecule has 1 saturated heterocycles. The molecule has 1 aromatic rings. The van der Waals surface area contributed by atoms with Crippen LogP contribution in [0.15, 0.2) is 18.6 Å². The van der Waals surface area contributed by atoms with Crippen molar-refractivity contribution in [3.63, 3.8) is 0 Å². The van der Waals surface area contributed by atoms with Crippen molar-refractivity contribution < 1.29 is 33.5 Å². The molecular formula is C38H55N5O7. The minimum absolute atomic E-state index is 0.000808. The van der Waals surface area contributed by atoms with Crippen LogP contribution < -0.4 is 10.6 Å². The quantitative estimate of drug-likeness (QED) is 0.116. The Kier molecular flexibility index (Phi) is 12.4. The molecule has 1 aromatic heterocycles. The molecule has 3 saturated carbocycles. The summed E-state index contributed by atoms with van der Waals surface area (Å²) in [5.41, 5.74) is -0.499. The fourth-order valence-corrected chi connectivity index (χ4v) is 8.22. The molecule has 0 spiro atoms. The van der Waals surface area contributed by atoms with E-state index in [2.05, 4.69) is 20.6 Å². The molecule has 12 heteroatoms. The Bertz CT molecular complexity index is 1400. The number of ketones is 2. The van der Waals surface area contributed by atoms with E-state index in [1.165, 1.54) is 18.6 Å². The number of carbonyl (C=O) groups excluding carboxylic acids is 6. The smallest absolute Gasteiger partial charge is 0.376 e. The second-order valence-electron chi connectivity index (χ2n) is 16.1. The molecule has 2 N–H and O–H groups in total. The minimum Gasteiger partial charge on any atom is -0.436 e. The van der Waals surface area contributed by atoms with E-state index in [1.54, 1.807) is 4.90 Å². The Labute approximate surface area is 295 Å². The van der Waals surface area contributed by atoms with Crippen molar-refractivity contribution in [1.29, 1.82) is 0 Å². The van der Waals surface area contributed by atoms with Crippen molar-refractivity contribution in [2.24, 2.45) is 35.0 Å². The van der Waals surface area contributed by atoms with E-state index in [0.29, 0.717) is 19.4 Å². The van der Waals surface area contributed by atoms with E-state index in [4.69, 9.17) is 4.74 Å². The number of aromatic nitrogens is 2. The summed E-state index contributed by atoms with van der Waals surface area (Å²) in [5.74, 6) is -3.20. The molecule has 50 heavy (non-hydrogen) atoms. The number of rotatable bonds is 15. The van der Waals surface area contributed by atoms with Crippen LogP contribution in [0.3, 0.4) is 0 Å². The van der Waals surface area contributed by atoms with Gasteiger partial charge in [0.1, 0.15) is 17.8 Å². The first-order chi connectivity index (χ1) is 23.9. The Morgan fingerprint density at radius 2 is 1.68 bits per heavy atom. The van der Waals surface area contributed by atoms with Crippen molar-refractivity contribution in [3.8, 4) is 0 Å². The number of esters is 1. The number of amides is 3.